The van der Waals surface area contributed by atoms with Crippen LogP contribution in [0.2, 0.25) is 0 Å². The number of fused-ring (bicyclic) bond motifs is 3. The Morgan fingerprint density at radius 3 is 2.88 bits per heavy atom. The van der Waals surface area contributed by atoms with E-state index in [0.29, 0.717) is 11.3 Å². The van der Waals surface area contributed by atoms with E-state index in [-0.39, 0.29) is 24.1 Å². The Morgan fingerprint density at radius 2 is 2.08 bits per heavy atom. The quantitative estimate of drug-likeness (QED) is 0.767. The number of nitrogens with zero attached hydrogens (tertiary/aromatic N) is 2. The van der Waals surface area contributed by atoms with Gasteiger partial charge in [0, 0.05) is 16.1 Å². The van der Waals surface area contributed by atoms with Crippen molar-refractivity contribution in [2.75, 3.05) is 0 Å². The van der Waals surface area contributed by atoms with Gasteiger partial charge >= 0.3 is 0 Å². The summed E-state index contributed by atoms with van der Waals surface area (Å²) < 4.78 is 3.30. The van der Waals surface area contributed by atoms with Crippen molar-refractivity contribution >= 4 is 37.4 Å². The predicted molar refractivity (Wildman–Crippen MR) is 106 cm³/mol. The number of hydrogen-bond donors (Lipinski definition) is 1. The highest BCUT2D eigenvalue weighted by molar-refractivity contribution is 7.26. The lowest BCUT2D eigenvalue weighted by Gasteiger charge is -2.29. The van der Waals surface area contributed by atoms with Crippen LogP contribution in [0, 0.1) is 12.8 Å². The first-order chi connectivity index (χ1) is 12.5. The monoisotopic (exact) mass is 369 g/mol. The molecule has 1 N–H and O–H groups in total. The Kier molecular flexibility index (Phi) is 4.53. The van der Waals surface area contributed by atoms with Gasteiger partial charge in [-0.3, -0.25) is 9.59 Å². The highest BCUT2D eigenvalue weighted by Crippen LogP contribution is 2.32. The van der Waals surface area contributed by atoms with Gasteiger partial charge in [0.1, 0.15) is 6.54 Å². The molecule has 6 heteroatoms. The lowest BCUT2D eigenvalue weighted by atomic mass is 9.86. The predicted octanol–water partition coefficient (Wildman–Crippen LogP) is 3.61. The SMILES string of the molecule is Cc1nn(CC(=O)N[C@H]2CCCC[C@H]2C)c(=O)c2c1sc1ccccc12. The maximum atomic E-state index is 13.0. The van der Waals surface area contributed by atoms with Gasteiger partial charge in [0.2, 0.25) is 5.91 Å². The van der Waals surface area contributed by atoms with E-state index in [1.807, 2.05) is 31.2 Å². The van der Waals surface area contributed by atoms with Crippen molar-refractivity contribution in [1.29, 1.82) is 0 Å². The zero-order valence-electron chi connectivity index (χ0n) is 15.1. The van der Waals surface area contributed by atoms with Gasteiger partial charge < -0.3 is 5.32 Å². The molecule has 2 atom stereocenters. The van der Waals surface area contributed by atoms with E-state index in [9.17, 15) is 9.59 Å². The Hall–Kier alpha value is -2.21. The number of benzene rings is 1. The van der Waals surface area contributed by atoms with E-state index in [4.69, 9.17) is 0 Å². The number of amides is 1. The molecule has 4 rings (SSSR count). The van der Waals surface area contributed by atoms with E-state index in [1.54, 1.807) is 11.3 Å². The molecule has 0 spiro atoms. The molecule has 0 unspecified atom stereocenters. The van der Waals surface area contributed by atoms with Crippen LogP contribution in [0.3, 0.4) is 0 Å². The average molecular weight is 369 g/mol. The summed E-state index contributed by atoms with van der Waals surface area (Å²) in [6.45, 7) is 4.06. The fourth-order valence-corrected chi connectivity index (χ4v) is 5.07. The van der Waals surface area contributed by atoms with Gasteiger partial charge in [-0.2, -0.15) is 5.10 Å². The third-order valence-corrected chi connectivity index (χ3v) is 6.67. The van der Waals surface area contributed by atoms with Crippen molar-refractivity contribution in [3.05, 3.63) is 40.3 Å². The second-order valence-corrected chi connectivity index (χ2v) is 8.34. The molecular weight excluding hydrogens is 346 g/mol. The van der Waals surface area contributed by atoms with Gasteiger partial charge in [-0.15, -0.1) is 11.3 Å². The molecule has 3 aromatic rings. The molecule has 5 nitrogen and oxygen atoms in total. The Bertz CT molecular complexity index is 1040. The van der Waals surface area contributed by atoms with E-state index < -0.39 is 0 Å². The third-order valence-electron chi connectivity index (χ3n) is 5.39. The molecule has 26 heavy (non-hydrogen) atoms. The molecule has 0 aliphatic heterocycles. The largest absolute Gasteiger partial charge is 0.351 e. The molecule has 0 bridgehead atoms. The molecular formula is C20H23N3O2S. The molecule has 2 aromatic heterocycles. The zero-order valence-corrected chi connectivity index (χ0v) is 15.9. The van der Waals surface area contributed by atoms with E-state index in [2.05, 4.69) is 17.3 Å². The van der Waals surface area contributed by atoms with Gasteiger partial charge in [0.05, 0.1) is 15.8 Å². The van der Waals surface area contributed by atoms with Crippen LogP contribution in [0.4, 0.5) is 0 Å². The first-order valence-corrected chi connectivity index (χ1v) is 10.0. The molecule has 1 fully saturated rings. The summed E-state index contributed by atoms with van der Waals surface area (Å²) in [5.74, 6) is 0.360. The molecule has 136 valence electrons. The van der Waals surface area contributed by atoms with Crippen molar-refractivity contribution in [1.82, 2.24) is 15.1 Å². The molecule has 2 heterocycles. The number of aromatic nitrogens is 2. The zero-order chi connectivity index (χ0) is 18.3. The van der Waals surface area contributed by atoms with Gasteiger partial charge in [0.25, 0.3) is 5.56 Å². The van der Waals surface area contributed by atoms with Crippen LogP contribution >= 0.6 is 11.3 Å². The topological polar surface area (TPSA) is 64.0 Å². The number of carbonyl (C=O) groups is 1. The van der Waals surface area contributed by atoms with E-state index >= 15 is 0 Å². The van der Waals surface area contributed by atoms with Crippen LogP contribution in [-0.2, 0) is 11.3 Å². The minimum Gasteiger partial charge on any atom is -0.351 e. The molecule has 1 aromatic carbocycles. The van der Waals surface area contributed by atoms with Gasteiger partial charge in [0.15, 0.2) is 0 Å². The van der Waals surface area contributed by atoms with Crippen LogP contribution < -0.4 is 10.9 Å². The molecule has 0 radical (unpaired) electrons. The summed E-state index contributed by atoms with van der Waals surface area (Å²) in [4.78, 5) is 25.5. The molecule has 1 aliphatic carbocycles. The summed E-state index contributed by atoms with van der Waals surface area (Å²) in [5, 5.41) is 9.13. The highest BCUT2D eigenvalue weighted by Gasteiger charge is 2.23. The fourth-order valence-electron chi connectivity index (χ4n) is 3.94. The summed E-state index contributed by atoms with van der Waals surface area (Å²) in [5.41, 5.74) is 0.606. The standard InChI is InChI=1S/C20H23N3O2S/c1-12-7-3-5-9-15(12)21-17(24)11-23-20(25)18-14-8-4-6-10-16(14)26-19(18)13(2)22-23/h4,6,8,10,12,15H,3,5,7,9,11H2,1-2H3,(H,21,24)/t12-,15+/m1/s1. The summed E-state index contributed by atoms with van der Waals surface area (Å²) in [7, 11) is 0. The van der Waals surface area contributed by atoms with Crippen molar-refractivity contribution in [2.45, 2.75) is 52.1 Å². The summed E-state index contributed by atoms with van der Waals surface area (Å²) >= 11 is 1.58. The van der Waals surface area contributed by atoms with Crippen LogP contribution in [0.25, 0.3) is 20.2 Å². The Balaban J connectivity index is 1.66. The minimum atomic E-state index is -0.185. The lowest BCUT2D eigenvalue weighted by Crippen LogP contribution is -2.43. The van der Waals surface area contributed by atoms with Crippen LogP contribution in [-0.4, -0.2) is 21.7 Å². The lowest BCUT2D eigenvalue weighted by molar-refractivity contribution is -0.123. The number of carbonyl (C=O) groups excluding carboxylic acids is 1. The Morgan fingerprint density at radius 1 is 1.31 bits per heavy atom. The first kappa shape index (κ1) is 17.2. The van der Waals surface area contributed by atoms with E-state index in [1.165, 1.54) is 11.1 Å². The molecule has 1 amide bonds. The second kappa shape index (κ2) is 6.83. The van der Waals surface area contributed by atoms with Gasteiger partial charge in [-0.25, -0.2) is 4.68 Å². The summed E-state index contributed by atoms with van der Waals surface area (Å²) in [6.07, 6.45) is 4.55. The van der Waals surface area contributed by atoms with Crippen molar-refractivity contribution in [2.24, 2.45) is 5.92 Å². The smallest absolute Gasteiger partial charge is 0.276 e. The maximum Gasteiger partial charge on any atom is 0.276 e. The number of nitrogens with one attached hydrogen (secondary N) is 1. The third kappa shape index (κ3) is 3.03. The molecule has 1 saturated carbocycles. The normalized spacial score (nSPS) is 20.5. The van der Waals surface area contributed by atoms with Crippen molar-refractivity contribution in [3.8, 4) is 0 Å². The number of thiophene rings is 1. The molecule has 1 aliphatic rings. The summed E-state index contributed by atoms with van der Waals surface area (Å²) in [6, 6.07) is 8.09. The van der Waals surface area contributed by atoms with Crippen molar-refractivity contribution in [3.63, 3.8) is 0 Å². The number of rotatable bonds is 3. The second-order valence-electron chi connectivity index (χ2n) is 7.29. The minimum absolute atomic E-state index is 0.0248. The molecule has 0 saturated heterocycles. The number of hydrogen-bond acceptors (Lipinski definition) is 4. The Labute approximate surface area is 156 Å². The van der Waals surface area contributed by atoms with Crippen molar-refractivity contribution < 1.29 is 4.79 Å². The van der Waals surface area contributed by atoms with Gasteiger partial charge in [-0.05, 0) is 31.7 Å². The average Bonchev–Trinajstić information content (AvgIpc) is 3.02. The van der Waals surface area contributed by atoms with E-state index in [0.717, 1.165) is 39.7 Å². The number of aryl methyl sites for hydroxylation is 1. The van der Waals surface area contributed by atoms with Crippen LogP contribution in [0.15, 0.2) is 29.1 Å². The van der Waals surface area contributed by atoms with Crippen LogP contribution in [0.1, 0.15) is 38.3 Å². The fraction of sp³-hybridized carbons (Fsp3) is 0.450. The maximum absolute atomic E-state index is 13.0. The highest BCUT2D eigenvalue weighted by atomic mass is 32.1. The first-order valence-electron chi connectivity index (χ1n) is 9.23. The van der Waals surface area contributed by atoms with Crippen LogP contribution in [0.5, 0.6) is 0 Å². The van der Waals surface area contributed by atoms with Gasteiger partial charge in [-0.1, -0.05) is 38.0 Å².